The second kappa shape index (κ2) is 6.02. The summed E-state index contributed by atoms with van der Waals surface area (Å²) in [5.74, 6) is 0.702. The lowest BCUT2D eigenvalue weighted by molar-refractivity contribution is 0.240. The molecule has 5 heteroatoms. The lowest BCUT2D eigenvalue weighted by atomic mass is 10.2. The lowest BCUT2D eigenvalue weighted by Gasteiger charge is -2.13. The van der Waals surface area contributed by atoms with Crippen LogP contribution in [0.5, 0.6) is 5.75 Å². The second-order valence-corrected chi connectivity index (χ2v) is 6.00. The Kier molecular flexibility index (Phi) is 4.93. The predicted octanol–water partition coefficient (Wildman–Crippen LogP) is 2.25. The maximum Gasteiger partial charge on any atom is 0.240 e. The standard InChI is InChI=1S/C13H19NO3S/c1-5-8-14-18(15,16)12-6-7-13(11(4)9-12)17-10(2)3/h5-7,9-10,14H,1,8H2,2-4H3. The van der Waals surface area contributed by atoms with Crippen LogP contribution in [-0.2, 0) is 10.0 Å². The van der Waals surface area contributed by atoms with Crippen LogP contribution in [0.25, 0.3) is 0 Å². The molecule has 0 radical (unpaired) electrons. The highest BCUT2D eigenvalue weighted by Crippen LogP contribution is 2.22. The first-order valence-electron chi connectivity index (χ1n) is 5.74. The Morgan fingerprint density at radius 1 is 1.44 bits per heavy atom. The first-order chi connectivity index (χ1) is 8.36. The summed E-state index contributed by atoms with van der Waals surface area (Å²) in [5, 5.41) is 0. The molecule has 1 aromatic rings. The molecule has 0 aliphatic heterocycles. The van der Waals surface area contributed by atoms with Crippen molar-refractivity contribution >= 4 is 10.0 Å². The molecule has 0 aromatic heterocycles. The molecule has 0 atom stereocenters. The largest absolute Gasteiger partial charge is 0.491 e. The van der Waals surface area contributed by atoms with Crippen LogP contribution in [0.4, 0.5) is 0 Å². The van der Waals surface area contributed by atoms with Gasteiger partial charge in [0.15, 0.2) is 0 Å². The van der Waals surface area contributed by atoms with E-state index in [0.29, 0.717) is 5.75 Å². The molecule has 1 N–H and O–H groups in total. The molecular formula is C13H19NO3S. The topological polar surface area (TPSA) is 55.4 Å². The van der Waals surface area contributed by atoms with Gasteiger partial charge in [0.25, 0.3) is 0 Å². The Hall–Kier alpha value is -1.33. The highest BCUT2D eigenvalue weighted by atomic mass is 32.2. The van der Waals surface area contributed by atoms with Crippen LogP contribution < -0.4 is 9.46 Å². The van der Waals surface area contributed by atoms with Crippen molar-refractivity contribution in [2.24, 2.45) is 0 Å². The molecule has 0 fully saturated rings. The van der Waals surface area contributed by atoms with Gasteiger partial charge in [-0.2, -0.15) is 0 Å². The molecule has 0 amide bonds. The second-order valence-electron chi connectivity index (χ2n) is 4.23. The molecule has 0 saturated heterocycles. The molecule has 0 bridgehead atoms. The number of hydrogen-bond donors (Lipinski definition) is 1. The Morgan fingerprint density at radius 2 is 2.11 bits per heavy atom. The van der Waals surface area contributed by atoms with Crippen LogP contribution >= 0.6 is 0 Å². The van der Waals surface area contributed by atoms with Crippen molar-refractivity contribution in [3.05, 3.63) is 36.4 Å². The molecule has 18 heavy (non-hydrogen) atoms. The van der Waals surface area contributed by atoms with E-state index in [4.69, 9.17) is 4.74 Å². The number of sulfonamides is 1. The fourth-order valence-corrected chi connectivity index (χ4v) is 2.51. The zero-order valence-electron chi connectivity index (χ0n) is 10.9. The van der Waals surface area contributed by atoms with E-state index in [1.165, 1.54) is 12.1 Å². The molecule has 0 aliphatic carbocycles. The van der Waals surface area contributed by atoms with Crippen LogP contribution in [0.3, 0.4) is 0 Å². The minimum Gasteiger partial charge on any atom is -0.491 e. The van der Waals surface area contributed by atoms with E-state index < -0.39 is 10.0 Å². The molecule has 0 heterocycles. The van der Waals surface area contributed by atoms with Crippen molar-refractivity contribution in [2.45, 2.75) is 31.8 Å². The number of rotatable bonds is 6. The maximum absolute atomic E-state index is 11.9. The number of nitrogens with one attached hydrogen (secondary N) is 1. The number of aryl methyl sites for hydroxylation is 1. The SMILES string of the molecule is C=CCNS(=O)(=O)c1ccc(OC(C)C)c(C)c1. The molecule has 1 rings (SSSR count). The zero-order chi connectivity index (χ0) is 13.8. The van der Waals surface area contributed by atoms with Crippen molar-refractivity contribution in [1.29, 1.82) is 0 Å². The monoisotopic (exact) mass is 269 g/mol. The smallest absolute Gasteiger partial charge is 0.240 e. The van der Waals surface area contributed by atoms with Gasteiger partial charge in [0.2, 0.25) is 10.0 Å². The maximum atomic E-state index is 11.9. The first-order valence-corrected chi connectivity index (χ1v) is 7.23. The van der Waals surface area contributed by atoms with E-state index in [1.54, 1.807) is 12.1 Å². The summed E-state index contributed by atoms with van der Waals surface area (Å²) >= 11 is 0. The summed E-state index contributed by atoms with van der Waals surface area (Å²) in [6.07, 6.45) is 1.56. The van der Waals surface area contributed by atoms with Gasteiger partial charge in [-0.15, -0.1) is 6.58 Å². The molecule has 0 aliphatic rings. The predicted molar refractivity (Wildman–Crippen MR) is 72.3 cm³/mol. The van der Waals surface area contributed by atoms with Gasteiger partial charge in [0, 0.05) is 6.54 Å². The van der Waals surface area contributed by atoms with Gasteiger partial charge in [0.05, 0.1) is 11.0 Å². The van der Waals surface area contributed by atoms with E-state index in [-0.39, 0.29) is 17.5 Å². The molecule has 0 saturated carbocycles. The van der Waals surface area contributed by atoms with Crippen molar-refractivity contribution in [2.75, 3.05) is 6.54 Å². The van der Waals surface area contributed by atoms with Crippen molar-refractivity contribution in [1.82, 2.24) is 4.72 Å². The van der Waals surface area contributed by atoms with Crippen molar-refractivity contribution < 1.29 is 13.2 Å². The summed E-state index contributed by atoms with van der Waals surface area (Å²) in [5.41, 5.74) is 0.796. The van der Waals surface area contributed by atoms with Crippen molar-refractivity contribution in [3.8, 4) is 5.75 Å². The normalized spacial score (nSPS) is 11.6. The minimum atomic E-state index is -3.47. The lowest BCUT2D eigenvalue weighted by Crippen LogP contribution is -2.23. The summed E-state index contributed by atoms with van der Waals surface area (Å²) < 4.78 is 31.7. The zero-order valence-corrected chi connectivity index (χ0v) is 11.8. The van der Waals surface area contributed by atoms with E-state index in [9.17, 15) is 8.42 Å². The average Bonchev–Trinajstić information content (AvgIpc) is 2.28. The summed E-state index contributed by atoms with van der Waals surface area (Å²) in [7, 11) is -3.47. The molecule has 0 unspecified atom stereocenters. The van der Waals surface area contributed by atoms with Crippen LogP contribution in [0, 0.1) is 6.92 Å². The molecular weight excluding hydrogens is 250 g/mol. The van der Waals surface area contributed by atoms with Crippen LogP contribution in [0.15, 0.2) is 35.7 Å². The van der Waals surface area contributed by atoms with Crippen molar-refractivity contribution in [3.63, 3.8) is 0 Å². The van der Waals surface area contributed by atoms with E-state index in [1.807, 2.05) is 20.8 Å². The first kappa shape index (κ1) is 14.7. The Bertz CT molecular complexity index is 521. The van der Waals surface area contributed by atoms with Gasteiger partial charge < -0.3 is 4.74 Å². The third kappa shape index (κ3) is 3.85. The van der Waals surface area contributed by atoms with Gasteiger partial charge >= 0.3 is 0 Å². The van der Waals surface area contributed by atoms with Crippen LogP contribution in [0.1, 0.15) is 19.4 Å². The van der Waals surface area contributed by atoms with E-state index in [2.05, 4.69) is 11.3 Å². The highest BCUT2D eigenvalue weighted by molar-refractivity contribution is 7.89. The molecule has 4 nitrogen and oxygen atoms in total. The third-order valence-electron chi connectivity index (χ3n) is 2.24. The summed E-state index contributed by atoms with van der Waals surface area (Å²) in [6, 6.07) is 4.82. The average molecular weight is 269 g/mol. The quantitative estimate of drug-likeness (QED) is 0.806. The van der Waals surface area contributed by atoms with Gasteiger partial charge in [-0.3, -0.25) is 0 Å². The number of hydrogen-bond acceptors (Lipinski definition) is 3. The van der Waals surface area contributed by atoms with Crippen LogP contribution in [0.2, 0.25) is 0 Å². The Morgan fingerprint density at radius 3 is 2.61 bits per heavy atom. The van der Waals surface area contributed by atoms with Gasteiger partial charge in [-0.1, -0.05) is 6.08 Å². The van der Waals surface area contributed by atoms with Gasteiger partial charge in [0.1, 0.15) is 5.75 Å². The number of ether oxygens (including phenoxy) is 1. The summed E-state index contributed by atoms with van der Waals surface area (Å²) in [4.78, 5) is 0.234. The number of benzene rings is 1. The Balaban J connectivity index is 3.00. The van der Waals surface area contributed by atoms with E-state index in [0.717, 1.165) is 5.56 Å². The Labute approximate surface area is 109 Å². The van der Waals surface area contributed by atoms with E-state index >= 15 is 0 Å². The summed E-state index contributed by atoms with van der Waals surface area (Å²) in [6.45, 7) is 9.37. The molecule has 100 valence electrons. The minimum absolute atomic E-state index is 0.0602. The molecule has 1 aromatic carbocycles. The van der Waals surface area contributed by atoms with Gasteiger partial charge in [-0.05, 0) is 44.5 Å². The van der Waals surface area contributed by atoms with Gasteiger partial charge in [-0.25, -0.2) is 13.1 Å². The molecule has 0 spiro atoms. The van der Waals surface area contributed by atoms with Crippen LogP contribution in [-0.4, -0.2) is 21.1 Å². The third-order valence-corrected chi connectivity index (χ3v) is 3.66. The highest BCUT2D eigenvalue weighted by Gasteiger charge is 2.14. The fourth-order valence-electron chi connectivity index (χ4n) is 1.43. The fraction of sp³-hybridized carbons (Fsp3) is 0.385.